The quantitative estimate of drug-likeness (QED) is 0.799. The van der Waals surface area contributed by atoms with Crippen LogP contribution in [-0.2, 0) is 10.0 Å². The number of fused-ring (bicyclic) bond motifs is 2. The number of carbonyl (C=O) groups excluding carboxylic acids is 1. The Morgan fingerprint density at radius 2 is 1.79 bits per heavy atom. The zero-order chi connectivity index (χ0) is 19.9. The average Bonchev–Trinajstić information content (AvgIpc) is 3.26. The van der Waals surface area contributed by atoms with Crippen LogP contribution in [-0.4, -0.2) is 20.4 Å². The Labute approximate surface area is 166 Å². The number of hydrogen-bond donors (Lipinski definition) is 2. The van der Waals surface area contributed by atoms with Crippen molar-refractivity contribution in [3.05, 3.63) is 59.2 Å². The summed E-state index contributed by atoms with van der Waals surface area (Å²) in [6.07, 6.45) is 4.71. The summed E-state index contributed by atoms with van der Waals surface area (Å²) in [4.78, 5) is 12.9. The molecule has 0 aromatic heterocycles. The number of nitrogens with one attached hydrogen (secondary N) is 2. The van der Waals surface area contributed by atoms with Crippen LogP contribution in [0.4, 0.5) is 5.69 Å². The van der Waals surface area contributed by atoms with Crippen molar-refractivity contribution in [2.75, 3.05) is 4.72 Å². The molecule has 148 valence electrons. The predicted octanol–water partition coefficient (Wildman–Crippen LogP) is 4.02. The van der Waals surface area contributed by atoms with Gasteiger partial charge in [-0.25, -0.2) is 8.42 Å². The van der Waals surface area contributed by atoms with Crippen molar-refractivity contribution in [2.45, 2.75) is 50.5 Å². The van der Waals surface area contributed by atoms with Gasteiger partial charge in [0.25, 0.3) is 15.9 Å². The first-order valence-electron chi connectivity index (χ1n) is 9.83. The van der Waals surface area contributed by atoms with Crippen molar-refractivity contribution in [3.63, 3.8) is 0 Å². The zero-order valence-corrected chi connectivity index (χ0v) is 17.1. The summed E-state index contributed by atoms with van der Waals surface area (Å²) in [5.41, 5.74) is 2.38. The van der Waals surface area contributed by atoms with Crippen LogP contribution < -0.4 is 10.0 Å². The van der Waals surface area contributed by atoms with Gasteiger partial charge < -0.3 is 5.32 Å². The van der Waals surface area contributed by atoms with Gasteiger partial charge in [-0.1, -0.05) is 30.7 Å². The molecule has 2 N–H and O–H groups in total. The summed E-state index contributed by atoms with van der Waals surface area (Å²) in [5.74, 6) is 1.12. The number of aryl methyl sites for hydroxylation is 2. The van der Waals surface area contributed by atoms with Gasteiger partial charge in [0.2, 0.25) is 0 Å². The van der Waals surface area contributed by atoms with Gasteiger partial charge in [0.1, 0.15) is 0 Å². The third-order valence-corrected chi connectivity index (χ3v) is 7.69. The highest BCUT2D eigenvalue weighted by Gasteiger charge is 2.40. The highest BCUT2D eigenvalue weighted by atomic mass is 32.2. The molecule has 2 saturated carbocycles. The van der Waals surface area contributed by atoms with Gasteiger partial charge in [0.15, 0.2) is 0 Å². The van der Waals surface area contributed by atoms with E-state index in [1.165, 1.54) is 25.3 Å². The summed E-state index contributed by atoms with van der Waals surface area (Å²) in [6, 6.07) is 12.3. The lowest BCUT2D eigenvalue weighted by atomic mass is 9.95. The van der Waals surface area contributed by atoms with E-state index < -0.39 is 10.0 Å². The van der Waals surface area contributed by atoms with E-state index in [4.69, 9.17) is 0 Å². The molecule has 2 bridgehead atoms. The lowest BCUT2D eigenvalue weighted by Crippen LogP contribution is -2.38. The second-order valence-corrected chi connectivity index (χ2v) is 9.81. The van der Waals surface area contributed by atoms with Crippen LogP contribution >= 0.6 is 0 Å². The second-order valence-electron chi connectivity index (χ2n) is 8.16. The highest BCUT2D eigenvalue weighted by Crippen LogP contribution is 2.44. The van der Waals surface area contributed by atoms with Crippen molar-refractivity contribution in [1.82, 2.24) is 5.32 Å². The van der Waals surface area contributed by atoms with Crippen LogP contribution in [0.1, 0.15) is 47.2 Å². The number of carbonyl (C=O) groups is 1. The van der Waals surface area contributed by atoms with E-state index in [0.29, 0.717) is 22.7 Å². The Morgan fingerprint density at radius 1 is 1.00 bits per heavy atom. The molecular weight excluding hydrogens is 372 g/mol. The van der Waals surface area contributed by atoms with Gasteiger partial charge in [0, 0.05) is 11.6 Å². The molecule has 5 nitrogen and oxygen atoms in total. The van der Waals surface area contributed by atoms with E-state index in [1.54, 1.807) is 31.2 Å². The number of sulfonamides is 1. The first-order valence-corrected chi connectivity index (χ1v) is 11.3. The van der Waals surface area contributed by atoms with Gasteiger partial charge in [-0.3, -0.25) is 9.52 Å². The summed E-state index contributed by atoms with van der Waals surface area (Å²) >= 11 is 0. The third kappa shape index (κ3) is 3.65. The van der Waals surface area contributed by atoms with Crippen molar-refractivity contribution in [2.24, 2.45) is 11.8 Å². The van der Waals surface area contributed by atoms with Crippen LogP contribution in [0.3, 0.4) is 0 Å². The molecule has 6 heteroatoms. The topological polar surface area (TPSA) is 75.3 Å². The molecule has 4 rings (SSSR count). The summed E-state index contributed by atoms with van der Waals surface area (Å²) in [5, 5.41) is 3.13. The van der Waals surface area contributed by atoms with E-state index in [2.05, 4.69) is 10.0 Å². The van der Waals surface area contributed by atoms with Crippen LogP contribution in [0, 0.1) is 25.7 Å². The zero-order valence-electron chi connectivity index (χ0n) is 16.2. The molecular formula is C22H26N2O3S. The minimum absolute atomic E-state index is 0.136. The van der Waals surface area contributed by atoms with Crippen LogP contribution in [0.5, 0.6) is 0 Å². The monoisotopic (exact) mass is 398 g/mol. The second kappa shape index (κ2) is 7.24. The molecule has 2 aliphatic carbocycles. The number of hydrogen-bond acceptors (Lipinski definition) is 3. The molecule has 2 aliphatic rings. The Hall–Kier alpha value is -2.34. The fraction of sp³-hybridized carbons (Fsp3) is 0.409. The highest BCUT2D eigenvalue weighted by molar-refractivity contribution is 7.92. The van der Waals surface area contributed by atoms with Crippen LogP contribution in [0.2, 0.25) is 0 Å². The number of amides is 1. The average molecular weight is 399 g/mol. The Balaban J connectivity index is 1.56. The minimum Gasteiger partial charge on any atom is -0.349 e. The summed E-state index contributed by atoms with van der Waals surface area (Å²) in [7, 11) is -3.79. The van der Waals surface area contributed by atoms with Crippen molar-refractivity contribution < 1.29 is 13.2 Å². The van der Waals surface area contributed by atoms with Crippen LogP contribution in [0.15, 0.2) is 47.4 Å². The van der Waals surface area contributed by atoms with Crippen molar-refractivity contribution in [1.29, 1.82) is 0 Å². The van der Waals surface area contributed by atoms with Crippen LogP contribution in [0.25, 0.3) is 0 Å². The maximum Gasteiger partial charge on any atom is 0.262 e. The molecule has 0 spiro atoms. The molecule has 2 fully saturated rings. The molecule has 0 saturated heterocycles. The largest absolute Gasteiger partial charge is 0.349 e. The minimum atomic E-state index is -3.79. The smallest absolute Gasteiger partial charge is 0.262 e. The van der Waals surface area contributed by atoms with Gasteiger partial charge in [0.05, 0.1) is 10.6 Å². The molecule has 0 heterocycles. The molecule has 28 heavy (non-hydrogen) atoms. The van der Waals surface area contributed by atoms with Gasteiger partial charge >= 0.3 is 0 Å². The lowest BCUT2D eigenvalue weighted by Gasteiger charge is -2.23. The molecule has 2 aromatic rings. The maximum atomic E-state index is 13.0. The van der Waals surface area contributed by atoms with E-state index in [0.717, 1.165) is 17.9 Å². The Kier molecular flexibility index (Phi) is 4.91. The molecule has 0 unspecified atom stereocenters. The number of rotatable bonds is 5. The normalized spacial score (nSPS) is 23.6. The van der Waals surface area contributed by atoms with E-state index >= 15 is 0 Å². The maximum absolute atomic E-state index is 13.0. The van der Waals surface area contributed by atoms with E-state index in [9.17, 15) is 13.2 Å². The fourth-order valence-electron chi connectivity index (χ4n) is 4.59. The summed E-state index contributed by atoms with van der Waals surface area (Å²) in [6.45, 7) is 3.59. The van der Waals surface area contributed by atoms with E-state index in [1.807, 2.05) is 19.1 Å². The third-order valence-electron chi connectivity index (χ3n) is 6.18. The van der Waals surface area contributed by atoms with Crippen molar-refractivity contribution >= 4 is 21.6 Å². The molecule has 0 aliphatic heterocycles. The predicted molar refractivity (Wildman–Crippen MR) is 110 cm³/mol. The number of anilines is 1. The first kappa shape index (κ1) is 19.0. The molecule has 3 atom stereocenters. The van der Waals surface area contributed by atoms with E-state index in [-0.39, 0.29) is 16.8 Å². The number of benzene rings is 2. The molecule has 2 aromatic carbocycles. The van der Waals surface area contributed by atoms with Gasteiger partial charge in [-0.2, -0.15) is 0 Å². The van der Waals surface area contributed by atoms with Crippen molar-refractivity contribution in [3.8, 4) is 0 Å². The molecule has 0 radical (unpaired) electrons. The standard InChI is InChI=1S/C22H26N2O3S/c1-14-5-3-4-6-19(14)24-28(26,27)21-13-18(9-7-15(21)2)22(25)23-20-12-16-8-10-17(20)11-16/h3-7,9,13,16-17,20,24H,8,10-12H2,1-2H3,(H,23,25)/t16-,17-,20-/m1/s1. The Bertz CT molecular complexity index is 1020. The van der Waals surface area contributed by atoms with Gasteiger partial charge in [-0.05, 0) is 74.3 Å². The lowest BCUT2D eigenvalue weighted by molar-refractivity contribution is 0.0922. The fourth-order valence-corrected chi connectivity index (χ4v) is 5.99. The Morgan fingerprint density at radius 3 is 2.46 bits per heavy atom. The summed E-state index contributed by atoms with van der Waals surface area (Å²) < 4.78 is 28.6. The first-order chi connectivity index (χ1) is 13.3. The molecule has 1 amide bonds. The van der Waals surface area contributed by atoms with Gasteiger partial charge in [-0.15, -0.1) is 0 Å². The SMILES string of the molecule is Cc1ccccc1NS(=O)(=O)c1cc(C(=O)N[C@@H]2C[C@@H]3CC[C@@H]2C3)ccc1C. The number of para-hydroxylation sites is 1.